The third kappa shape index (κ3) is 5.37. The molecule has 0 spiro atoms. The second kappa shape index (κ2) is 11.2. The molecule has 0 atom stereocenters. The molecule has 6 rings (SSSR count). The molecule has 4 aliphatic rings. The topological polar surface area (TPSA) is 26.8 Å². The molecule has 2 saturated heterocycles. The molecule has 0 saturated carbocycles. The molecule has 200 valence electrons. The molecule has 3 aliphatic heterocycles. The zero-order valence-electron chi connectivity index (χ0n) is 22.6. The van der Waals surface area contributed by atoms with Crippen molar-refractivity contribution in [3.8, 4) is 0 Å². The summed E-state index contributed by atoms with van der Waals surface area (Å²) in [6, 6.07) is 10.9. The molecule has 0 unspecified atom stereocenters. The zero-order valence-corrected chi connectivity index (χ0v) is 22.6. The van der Waals surface area contributed by atoms with Gasteiger partial charge in [-0.05, 0) is 136 Å². The Labute approximate surface area is 226 Å². The smallest absolute Gasteiger partial charge is 0.166 e. The number of rotatable bonds is 7. The predicted octanol–water partition coefficient (Wildman–Crippen LogP) is 6.11. The lowest BCUT2D eigenvalue weighted by molar-refractivity contribution is 0.0847. The highest BCUT2D eigenvalue weighted by Gasteiger charge is 2.29. The first kappa shape index (κ1) is 25.5. The van der Waals surface area contributed by atoms with Crippen molar-refractivity contribution in [2.45, 2.75) is 51.4 Å². The minimum absolute atomic E-state index is 0.0182. The van der Waals surface area contributed by atoms with Crippen LogP contribution < -0.4 is 4.90 Å². The van der Waals surface area contributed by atoms with Crippen LogP contribution in [0, 0.1) is 11.7 Å². The van der Waals surface area contributed by atoms with E-state index >= 15 is 0 Å². The lowest BCUT2D eigenvalue weighted by Crippen LogP contribution is -2.41. The lowest BCUT2D eigenvalue weighted by atomic mass is 9.88. The molecule has 0 amide bonds. The number of aryl methyl sites for hydroxylation is 2. The van der Waals surface area contributed by atoms with Crippen LogP contribution in [0.25, 0.3) is 6.08 Å². The van der Waals surface area contributed by atoms with E-state index in [1.807, 2.05) is 0 Å². The normalized spacial score (nSPS) is 20.8. The molecule has 3 heterocycles. The summed E-state index contributed by atoms with van der Waals surface area (Å²) >= 11 is 0. The molecular weight excluding hydrogens is 473 g/mol. The van der Waals surface area contributed by atoms with Gasteiger partial charge in [-0.2, -0.15) is 0 Å². The molecule has 2 aromatic rings. The van der Waals surface area contributed by atoms with E-state index in [9.17, 15) is 9.18 Å². The van der Waals surface area contributed by atoms with Gasteiger partial charge in [-0.15, -0.1) is 0 Å². The maximum absolute atomic E-state index is 13.3. The van der Waals surface area contributed by atoms with Crippen molar-refractivity contribution in [1.82, 2.24) is 9.80 Å². The molecule has 38 heavy (non-hydrogen) atoms. The van der Waals surface area contributed by atoms with Gasteiger partial charge in [0.05, 0.1) is 0 Å². The Morgan fingerprint density at radius 1 is 0.868 bits per heavy atom. The van der Waals surface area contributed by atoms with Crippen molar-refractivity contribution in [3.63, 3.8) is 0 Å². The number of benzene rings is 2. The molecule has 0 aromatic heterocycles. The molecule has 0 N–H and O–H groups in total. The number of carbonyl (C=O) groups is 1. The van der Waals surface area contributed by atoms with Gasteiger partial charge in [0.25, 0.3) is 0 Å². The largest absolute Gasteiger partial charge is 0.340 e. The fraction of sp³-hybridized carbons (Fsp3) is 0.485. The van der Waals surface area contributed by atoms with E-state index in [4.69, 9.17) is 0 Å². The number of nitrogens with zero attached hydrogens (tertiary/aromatic N) is 3. The summed E-state index contributed by atoms with van der Waals surface area (Å²) < 4.78 is 13.3. The van der Waals surface area contributed by atoms with Gasteiger partial charge in [-0.25, -0.2) is 4.39 Å². The van der Waals surface area contributed by atoms with Crippen LogP contribution in [0.2, 0.25) is 0 Å². The van der Waals surface area contributed by atoms with Crippen LogP contribution in [0.3, 0.4) is 0 Å². The van der Waals surface area contributed by atoms with E-state index in [0.29, 0.717) is 5.56 Å². The fourth-order valence-electron chi connectivity index (χ4n) is 6.83. The predicted molar refractivity (Wildman–Crippen MR) is 153 cm³/mol. The van der Waals surface area contributed by atoms with Crippen LogP contribution >= 0.6 is 0 Å². The van der Waals surface area contributed by atoms with Gasteiger partial charge in [0.15, 0.2) is 5.78 Å². The number of halogens is 1. The van der Waals surface area contributed by atoms with Crippen molar-refractivity contribution in [2.24, 2.45) is 5.92 Å². The third-order valence-corrected chi connectivity index (χ3v) is 9.13. The van der Waals surface area contributed by atoms with Crippen LogP contribution in [-0.2, 0) is 12.8 Å². The van der Waals surface area contributed by atoms with Crippen molar-refractivity contribution in [1.29, 1.82) is 0 Å². The minimum Gasteiger partial charge on any atom is -0.340 e. The molecule has 2 aromatic carbocycles. The highest BCUT2D eigenvalue weighted by molar-refractivity contribution is 5.97. The number of fused-ring (bicyclic) bond motifs is 2. The number of hydrogen-bond donors (Lipinski definition) is 0. The summed E-state index contributed by atoms with van der Waals surface area (Å²) in [5.41, 5.74) is 8.77. The Bertz CT molecular complexity index is 1220. The molecule has 5 heteroatoms. The van der Waals surface area contributed by atoms with Crippen molar-refractivity contribution >= 4 is 17.5 Å². The van der Waals surface area contributed by atoms with Crippen LogP contribution in [0.1, 0.15) is 65.6 Å². The van der Waals surface area contributed by atoms with Gasteiger partial charge in [0.1, 0.15) is 5.82 Å². The van der Waals surface area contributed by atoms with E-state index in [2.05, 4.69) is 39.5 Å². The summed E-state index contributed by atoms with van der Waals surface area (Å²) in [5.74, 6) is -0.129. The van der Waals surface area contributed by atoms with Gasteiger partial charge in [0, 0.05) is 42.5 Å². The van der Waals surface area contributed by atoms with E-state index in [1.54, 1.807) is 12.1 Å². The van der Waals surface area contributed by atoms with Gasteiger partial charge in [-0.3, -0.25) is 9.69 Å². The summed E-state index contributed by atoms with van der Waals surface area (Å²) in [6.45, 7) is 11.8. The number of likely N-dealkylation sites (tertiary alicyclic amines) is 2. The standard InChI is InChI=1S/C33H40FN3O/c1-24-30(23-36-16-12-26(13-17-36)33(38)25-8-10-31(34)11-9-25)21-29-20-27-6-5-7-28(27)22-32(29)37(24)19-18-35-14-3-2-4-15-35/h8-11,20-22,26H,1-7,12-19,23H2. The first-order chi connectivity index (χ1) is 18.5. The molecular formula is C33H40FN3O. The quantitative estimate of drug-likeness (QED) is 0.417. The maximum Gasteiger partial charge on any atom is 0.166 e. The average Bonchev–Trinajstić information content (AvgIpc) is 3.40. The molecule has 0 radical (unpaired) electrons. The molecule has 1 aliphatic carbocycles. The average molecular weight is 514 g/mol. The zero-order chi connectivity index (χ0) is 26.1. The summed E-state index contributed by atoms with van der Waals surface area (Å²) in [5, 5.41) is 0. The first-order valence-electron chi connectivity index (χ1n) is 14.6. The van der Waals surface area contributed by atoms with Crippen LogP contribution in [0.5, 0.6) is 0 Å². The number of piperidine rings is 2. The van der Waals surface area contributed by atoms with Crippen molar-refractivity contribution in [3.05, 3.63) is 82.3 Å². The summed E-state index contributed by atoms with van der Waals surface area (Å²) in [6.07, 6.45) is 11.7. The Kier molecular flexibility index (Phi) is 7.49. The van der Waals surface area contributed by atoms with E-state index in [0.717, 1.165) is 51.3 Å². The Morgan fingerprint density at radius 2 is 1.58 bits per heavy atom. The van der Waals surface area contributed by atoms with Crippen LogP contribution in [0.4, 0.5) is 10.1 Å². The second-order valence-electron chi connectivity index (χ2n) is 11.6. The highest BCUT2D eigenvalue weighted by atomic mass is 19.1. The number of Topliss-reactive ketones (excluding diaryl/α,β-unsaturated/α-hetero) is 1. The molecule has 4 nitrogen and oxygen atoms in total. The molecule has 0 bridgehead atoms. The Balaban J connectivity index is 1.15. The lowest BCUT2D eigenvalue weighted by Gasteiger charge is -2.38. The van der Waals surface area contributed by atoms with Gasteiger partial charge in [0.2, 0.25) is 0 Å². The first-order valence-corrected chi connectivity index (χ1v) is 14.6. The Hall–Kier alpha value is -2.76. The maximum atomic E-state index is 13.3. The monoisotopic (exact) mass is 513 g/mol. The second-order valence-corrected chi connectivity index (χ2v) is 11.6. The van der Waals surface area contributed by atoms with E-state index in [1.165, 1.54) is 91.7 Å². The minimum atomic E-state index is -0.297. The molecule has 2 fully saturated rings. The summed E-state index contributed by atoms with van der Waals surface area (Å²) in [4.78, 5) is 20.5. The highest BCUT2D eigenvalue weighted by Crippen LogP contribution is 2.39. The van der Waals surface area contributed by atoms with Crippen molar-refractivity contribution < 1.29 is 9.18 Å². The van der Waals surface area contributed by atoms with E-state index in [-0.39, 0.29) is 17.5 Å². The number of carbonyl (C=O) groups excluding carboxylic acids is 1. The SMILES string of the molecule is C=C1C(CN2CCC(C(=O)c3ccc(F)cc3)CC2)=Cc2cc3c(cc2N1CCN1CCCCC1)CCC3. The third-order valence-electron chi connectivity index (χ3n) is 9.13. The number of hydrogen-bond acceptors (Lipinski definition) is 4. The Morgan fingerprint density at radius 3 is 2.32 bits per heavy atom. The summed E-state index contributed by atoms with van der Waals surface area (Å²) in [7, 11) is 0. The van der Waals surface area contributed by atoms with E-state index < -0.39 is 0 Å². The van der Waals surface area contributed by atoms with Crippen LogP contribution in [-0.4, -0.2) is 61.4 Å². The van der Waals surface area contributed by atoms with Gasteiger partial charge >= 0.3 is 0 Å². The van der Waals surface area contributed by atoms with Crippen molar-refractivity contribution in [2.75, 3.05) is 50.7 Å². The number of ketones is 1. The fourth-order valence-corrected chi connectivity index (χ4v) is 6.83. The van der Waals surface area contributed by atoms with Crippen LogP contribution in [0.15, 0.2) is 54.2 Å². The number of anilines is 1. The van der Waals surface area contributed by atoms with Gasteiger partial charge < -0.3 is 9.80 Å². The van der Waals surface area contributed by atoms with Gasteiger partial charge in [-0.1, -0.05) is 13.0 Å².